The summed E-state index contributed by atoms with van der Waals surface area (Å²) in [4.78, 5) is 24.9. The van der Waals surface area contributed by atoms with E-state index in [4.69, 9.17) is 0 Å². The summed E-state index contributed by atoms with van der Waals surface area (Å²) in [6.07, 6.45) is -4.75. The fraction of sp³-hybridized carbons (Fsp3) is 0.100. The minimum atomic E-state index is -4.75. The summed E-state index contributed by atoms with van der Waals surface area (Å²) in [6, 6.07) is 5.96. The van der Waals surface area contributed by atoms with Crippen LogP contribution in [-0.2, 0) is 15.8 Å². The van der Waals surface area contributed by atoms with E-state index >= 15 is 0 Å². The van der Waals surface area contributed by atoms with Gasteiger partial charge in [-0.15, -0.1) is 0 Å². The minimum Gasteiger partial charge on any atom is -0.320 e. The molecule has 2 aromatic rings. The second-order valence-electron chi connectivity index (χ2n) is 6.58. The number of hydrogen-bond acceptors (Lipinski definition) is 2. The summed E-state index contributed by atoms with van der Waals surface area (Å²) >= 11 is 0. The third-order valence-electron chi connectivity index (χ3n) is 4.64. The first-order valence-corrected chi connectivity index (χ1v) is 8.33. The van der Waals surface area contributed by atoms with Gasteiger partial charge in [-0.05, 0) is 42.8 Å². The predicted molar refractivity (Wildman–Crippen MR) is 92.7 cm³/mol. The highest BCUT2D eigenvalue weighted by molar-refractivity contribution is 6.30. The molecule has 0 saturated heterocycles. The smallest absolute Gasteiger partial charge is 0.320 e. The molecule has 0 radical (unpaired) electrons. The fourth-order valence-electron chi connectivity index (χ4n) is 3.30. The van der Waals surface area contributed by atoms with Crippen LogP contribution in [0.15, 0.2) is 47.5 Å². The molecule has 4 rings (SSSR count). The largest absolute Gasteiger partial charge is 0.416 e. The number of nitrogens with one attached hydrogen (secondary N) is 2. The first-order chi connectivity index (χ1) is 13.6. The number of amides is 2. The topological polar surface area (TPSA) is 58.2 Å². The van der Waals surface area contributed by atoms with Crippen LogP contribution < -0.4 is 10.6 Å². The van der Waals surface area contributed by atoms with Gasteiger partial charge in [0.2, 0.25) is 0 Å². The van der Waals surface area contributed by atoms with Gasteiger partial charge in [0.25, 0.3) is 11.8 Å². The molecule has 0 atom stereocenters. The highest BCUT2D eigenvalue weighted by Gasteiger charge is 2.42. The zero-order valence-electron chi connectivity index (χ0n) is 14.7. The number of halogens is 5. The highest BCUT2D eigenvalue weighted by atomic mass is 19.4. The van der Waals surface area contributed by atoms with Crippen LogP contribution in [0.4, 0.5) is 22.0 Å². The van der Waals surface area contributed by atoms with Crippen LogP contribution in [0.25, 0.3) is 11.4 Å². The average molecular weight is 406 g/mol. The van der Waals surface area contributed by atoms with Gasteiger partial charge in [0, 0.05) is 11.1 Å². The Bertz CT molecular complexity index is 1160. The lowest BCUT2D eigenvalue weighted by molar-refractivity contribution is -0.137. The Balaban J connectivity index is 1.88. The van der Waals surface area contributed by atoms with Crippen molar-refractivity contribution < 1.29 is 31.5 Å². The fourth-order valence-corrected chi connectivity index (χ4v) is 3.30. The lowest BCUT2D eigenvalue weighted by Crippen LogP contribution is -2.22. The summed E-state index contributed by atoms with van der Waals surface area (Å²) in [7, 11) is 0. The van der Waals surface area contributed by atoms with Crippen molar-refractivity contribution in [2.75, 3.05) is 0 Å². The summed E-state index contributed by atoms with van der Waals surface area (Å²) in [5.41, 5.74) is -1.77. The first-order valence-electron chi connectivity index (χ1n) is 8.33. The van der Waals surface area contributed by atoms with Crippen LogP contribution >= 0.6 is 0 Å². The number of alkyl halides is 3. The van der Waals surface area contributed by atoms with Crippen LogP contribution in [-0.4, -0.2) is 11.8 Å². The summed E-state index contributed by atoms with van der Waals surface area (Å²) in [6.45, 7) is 1.66. The van der Waals surface area contributed by atoms with Gasteiger partial charge in [0.15, 0.2) is 0 Å². The Morgan fingerprint density at radius 2 is 1.24 bits per heavy atom. The van der Waals surface area contributed by atoms with Gasteiger partial charge >= 0.3 is 6.18 Å². The van der Waals surface area contributed by atoms with Crippen LogP contribution in [0.2, 0.25) is 0 Å². The molecule has 2 aromatic carbocycles. The molecule has 2 heterocycles. The van der Waals surface area contributed by atoms with Crippen molar-refractivity contribution in [2.45, 2.75) is 13.1 Å². The van der Waals surface area contributed by atoms with E-state index in [1.165, 1.54) is 12.1 Å². The van der Waals surface area contributed by atoms with Gasteiger partial charge in [0.05, 0.1) is 28.1 Å². The van der Waals surface area contributed by atoms with Crippen molar-refractivity contribution in [1.82, 2.24) is 10.6 Å². The van der Waals surface area contributed by atoms with Crippen LogP contribution in [0.5, 0.6) is 0 Å². The lowest BCUT2D eigenvalue weighted by Gasteiger charge is -2.11. The normalized spacial score (nSPS) is 16.3. The van der Waals surface area contributed by atoms with Gasteiger partial charge in [-0.25, -0.2) is 8.78 Å². The van der Waals surface area contributed by atoms with Crippen molar-refractivity contribution in [3.05, 3.63) is 81.4 Å². The Hall–Kier alpha value is -3.49. The Labute approximate surface area is 160 Å². The molecule has 0 spiro atoms. The minimum absolute atomic E-state index is 0.0294. The molecule has 2 aliphatic heterocycles. The Morgan fingerprint density at radius 1 is 0.759 bits per heavy atom. The Morgan fingerprint density at radius 3 is 1.69 bits per heavy atom. The van der Waals surface area contributed by atoms with Gasteiger partial charge < -0.3 is 10.6 Å². The summed E-state index contributed by atoms with van der Waals surface area (Å²) in [5, 5.41) is 4.71. The molecular formula is C20H11F5N2O2. The van der Waals surface area contributed by atoms with Crippen LogP contribution in [0.3, 0.4) is 0 Å². The molecule has 148 valence electrons. The molecule has 2 amide bonds. The molecule has 0 bridgehead atoms. The van der Waals surface area contributed by atoms with E-state index in [1.807, 2.05) is 0 Å². The quantitative estimate of drug-likeness (QED) is 0.748. The number of fused-ring (bicyclic) bond motifs is 1. The molecule has 2 N–H and O–H groups in total. The average Bonchev–Trinajstić information content (AvgIpc) is 3.13. The molecule has 0 saturated carbocycles. The van der Waals surface area contributed by atoms with Gasteiger partial charge in [-0.3, -0.25) is 9.59 Å². The SMILES string of the molecule is Cc1ccc(C2=C3C(=O)NC(c4ccc(C(F)(F)F)cc4F)=C3C(=O)N2)c(F)c1. The maximum absolute atomic E-state index is 14.4. The zero-order chi connectivity index (χ0) is 21.1. The summed E-state index contributed by atoms with van der Waals surface area (Å²) in [5.74, 6) is -3.51. The third-order valence-corrected chi connectivity index (χ3v) is 4.64. The van der Waals surface area contributed by atoms with E-state index < -0.39 is 35.2 Å². The second-order valence-corrected chi connectivity index (χ2v) is 6.58. The van der Waals surface area contributed by atoms with E-state index in [-0.39, 0.29) is 39.7 Å². The second kappa shape index (κ2) is 6.26. The molecule has 0 fully saturated rings. The first kappa shape index (κ1) is 18.9. The van der Waals surface area contributed by atoms with Gasteiger partial charge in [-0.2, -0.15) is 13.2 Å². The van der Waals surface area contributed by atoms with Gasteiger partial charge in [0.1, 0.15) is 11.6 Å². The van der Waals surface area contributed by atoms with Crippen molar-refractivity contribution in [2.24, 2.45) is 0 Å². The zero-order valence-corrected chi connectivity index (χ0v) is 14.7. The molecule has 0 aliphatic carbocycles. The van der Waals surface area contributed by atoms with Crippen LogP contribution in [0.1, 0.15) is 22.3 Å². The molecular weight excluding hydrogens is 395 g/mol. The highest BCUT2D eigenvalue weighted by Crippen LogP contribution is 2.39. The van der Waals surface area contributed by atoms with Crippen molar-refractivity contribution in [3.63, 3.8) is 0 Å². The maximum Gasteiger partial charge on any atom is 0.416 e. The van der Waals surface area contributed by atoms with Crippen molar-refractivity contribution >= 4 is 23.2 Å². The molecule has 9 heteroatoms. The number of carbonyl (C=O) groups is 2. The molecule has 0 aromatic heterocycles. The third kappa shape index (κ3) is 2.98. The van der Waals surface area contributed by atoms with E-state index in [2.05, 4.69) is 10.6 Å². The standard InChI is InChI=1S/C20H11F5N2O2/c1-8-2-4-10(12(21)6-8)16-14-15(19(29)26-16)17(27-18(14)28)11-5-3-9(7-13(11)22)20(23,24)25/h2-7H,1H3,(H,26,29)(H,27,28). The molecule has 4 nitrogen and oxygen atoms in total. The maximum atomic E-state index is 14.4. The van der Waals surface area contributed by atoms with Crippen LogP contribution in [0, 0.1) is 18.6 Å². The predicted octanol–water partition coefficient (Wildman–Crippen LogP) is 3.67. The molecule has 29 heavy (non-hydrogen) atoms. The number of benzene rings is 2. The lowest BCUT2D eigenvalue weighted by atomic mass is 10.0. The van der Waals surface area contributed by atoms with Crippen molar-refractivity contribution in [3.8, 4) is 0 Å². The molecule has 2 aliphatic rings. The number of aryl methyl sites for hydroxylation is 1. The number of hydrogen-bond donors (Lipinski definition) is 2. The Kier molecular flexibility index (Phi) is 4.07. The van der Waals surface area contributed by atoms with E-state index in [9.17, 15) is 31.5 Å². The summed E-state index contributed by atoms with van der Waals surface area (Å²) < 4.78 is 67.0. The van der Waals surface area contributed by atoms with E-state index in [1.54, 1.807) is 13.0 Å². The van der Waals surface area contributed by atoms with Crippen molar-refractivity contribution in [1.29, 1.82) is 0 Å². The number of rotatable bonds is 2. The number of carbonyl (C=O) groups excluding carboxylic acids is 2. The molecule has 0 unspecified atom stereocenters. The van der Waals surface area contributed by atoms with E-state index in [0.29, 0.717) is 11.6 Å². The monoisotopic (exact) mass is 406 g/mol. The van der Waals surface area contributed by atoms with E-state index in [0.717, 1.165) is 6.07 Å². The van der Waals surface area contributed by atoms with Gasteiger partial charge in [-0.1, -0.05) is 6.07 Å².